The van der Waals surface area contributed by atoms with Crippen molar-refractivity contribution in [1.82, 2.24) is 4.57 Å². The first-order chi connectivity index (χ1) is 15.0. The number of hydrogen-bond acceptors (Lipinski definition) is 7. The van der Waals surface area contributed by atoms with Gasteiger partial charge >= 0.3 is 0 Å². The molecule has 1 heterocycles. The fourth-order valence-electron chi connectivity index (χ4n) is 3.28. The van der Waals surface area contributed by atoms with Gasteiger partial charge in [0.2, 0.25) is 5.75 Å². The first-order valence-electron chi connectivity index (χ1n) is 9.65. The van der Waals surface area contributed by atoms with E-state index in [2.05, 4.69) is 11.9 Å². The van der Waals surface area contributed by atoms with Crippen LogP contribution in [0.3, 0.4) is 0 Å². The Labute approximate surface area is 184 Å². The zero-order chi connectivity index (χ0) is 22.5. The van der Waals surface area contributed by atoms with Crippen LogP contribution in [0.2, 0.25) is 0 Å². The summed E-state index contributed by atoms with van der Waals surface area (Å²) in [5.74, 6) is 2.06. The van der Waals surface area contributed by atoms with Crippen molar-refractivity contribution < 1.29 is 28.5 Å². The molecule has 0 fully saturated rings. The number of methoxy groups -OCH3 is 5. The summed E-state index contributed by atoms with van der Waals surface area (Å²) in [6.45, 7) is 2.78. The van der Waals surface area contributed by atoms with E-state index in [-0.39, 0.29) is 0 Å². The second-order valence-electron chi connectivity index (χ2n) is 6.54. The summed E-state index contributed by atoms with van der Waals surface area (Å²) in [5, 5.41) is 0. The molecule has 9 heteroatoms. The average Bonchev–Trinajstić information content (AvgIpc) is 3.12. The van der Waals surface area contributed by atoms with Crippen molar-refractivity contribution in [2.24, 2.45) is 4.99 Å². The third-order valence-corrected chi connectivity index (χ3v) is 5.79. The standard InChI is InChI=1S/C22H26N2O6S/c1-7-8-24-14-11-15(26-2)16(27-3)12-19(14)31-22(24)23-21(25)13-9-17(28-4)20(30-6)18(10-13)29-5/h9-12H,7-8H2,1-6H3. The van der Waals surface area contributed by atoms with Crippen LogP contribution in [0.5, 0.6) is 28.7 Å². The van der Waals surface area contributed by atoms with E-state index in [4.69, 9.17) is 23.7 Å². The van der Waals surface area contributed by atoms with Crippen molar-refractivity contribution >= 4 is 27.5 Å². The highest BCUT2D eigenvalue weighted by Crippen LogP contribution is 2.38. The lowest BCUT2D eigenvalue weighted by molar-refractivity contribution is 0.0997. The molecule has 8 nitrogen and oxygen atoms in total. The van der Waals surface area contributed by atoms with Crippen LogP contribution < -0.4 is 28.5 Å². The van der Waals surface area contributed by atoms with Gasteiger partial charge in [-0.15, -0.1) is 0 Å². The summed E-state index contributed by atoms with van der Waals surface area (Å²) in [4.78, 5) is 18.1. The minimum Gasteiger partial charge on any atom is -0.493 e. The Hall–Kier alpha value is -3.20. The van der Waals surface area contributed by atoms with E-state index in [1.165, 1.54) is 32.7 Å². The van der Waals surface area contributed by atoms with Gasteiger partial charge in [0.15, 0.2) is 27.8 Å². The van der Waals surface area contributed by atoms with Crippen LogP contribution in [0, 0.1) is 0 Å². The van der Waals surface area contributed by atoms with E-state index < -0.39 is 5.91 Å². The van der Waals surface area contributed by atoms with Gasteiger partial charge in [-0.3, -0.25) is 4.79 Å². The summed E-state index contributed by atoms with van der Waals surface area (Å²) >= 11 is 1.42. The highest BCUT2D eigenvalue weighted by molar-refractivity contribution is 7.16. The molecule has 0 radical (unpaired) electrons. The number of benzene rings is 2. The Morgan fingerprint density at radius 2 is 1.45 bits per heavy atom. The molecule has 0 aliphatic heterocycles. The third-order valence-electron chi connectivity index (χ3n) is 4.74. The number of thiazole rings is 1. The van der Waals surface area contributed by atoms with Crippen molar-refractivity contribution in [2.45, 2.75) is 19.9 Å². The maximum atomic E-state index is 13.1. The summed E-state index contributed by atoms with van der Waals surface area (Å²) < 4.78 is 29.8. The molecule has 31 heavy (non-hydrogen) atoms. The number of ether oxygens (including phenoxy) is 5. The van der Waals surface area contributed by atoms with Gasteiger partial charge in [-0.2, -0.15) is 4.99 Å². The summed E-state index contributed by atoms with van der Waals surface area (Å²) in [6.07, 6.45) is 0.881. The third kappa shape index (κ3) is 4.32. The van der Waals surface area contributed by atoms with Gasteiger partial charge in [0.1, 0.15) is 0 Å². The lowest BCUT2D eigenvalue weighted by atomic mass is 10.1. The molecule has 3 aromatic rings. The van der Waals surface area contributed by atoms with Crippen LogP contribution >= 0.6 is 11.3 Å². The molecule has 0 saturated heterocycles. The molecule has 0 aliphatic rings. The smallest absolute Gasteiger partial charge is 0.279 e. The van der Waals surface area contributed by atoms with Crippen LogP contribution in [-0.2, 0) is 6.54 Å². The van der Waals surface area contributed by atoms with E-state index in [0.29, 0.717) is 45.7 Å². The second kappa shape index (κ2) is 9.74. The van der Waals surface area contributed by atoms with Gasteiger partial charge in [0, 0.05) is 24.2 Å². The monoisotopic (exact) mass is 446 g/mol. The van der Waals surface area contributed by atoms with Gasteiger partial charge in [-0.1, -0.05) is 18.3 Å². The molecule has 0 atom stereocenters. The lowest BCUT2D eigenvalue weighted by Gasteiger charge is -2.12. The Balaban J connectivity index is 2.17. The molecule has 1 aromatic heterocycles. The fraction of sp³-hybridized carbons (Fsp3) is 0.364. The zero-order valence-corrected chi connectivity index (χ0v) is 19.3. The molecule has 0 bridgehead atoms. The summed E-state index contributed by atoms with van der Waals surface area (Å²) in [5.41, 5.74) is 1.27. The zero-order valence-electron chi connectivity index (χ0n) is 18.5. The van der Waals surface area contributed by atoms with Crippen molar-refractivity contribution in [3.05, 3.63) is 34.6 Å². The van der Waals surface area contributed by atoms with Crippen LogP contribution in [0.25, 0.3) is 10.2 Å². The number of aryl methyl sites for hydroxylation is 1. The second-order valence-corrected chi connectivity index (χ2v) is 7.55. The van der Waals surface area contributed by atoms with Gasteiger partial charge in [0.25, 0.3) is 5.91 Å². The molecule has 1 amide bonds. The van der Waals surface area contributed by atoms with Gasteiger partial charge < -0.3 is 28.3 Å². The molecule has 0 N–H and O–H groups in total. The lowest BCUT2D eigenvalue weighted by Crippen LogP contribution is -2.17. The molecule has 0 saturated carbocycles. The predicted molar refractivity (Wildman–Crippen MR) is 119 cm³/mol. The molecule has 0 spiro atoms. The number of carbonyl (C=O) groups is 1. The Morgan fingerprint density at radius 1 is 0.871 bits per heavy atom. The van der Waals surface area contributed by atoms with Crippen molar-refractivity contribution in [3.8, 4) is 28.7 Å². The maximum Gasteiger partial charge on any atom is 0.279 e. The normalized spacial score (nSPS) is 11.5. The summed E-state index contributed by atoms with van der Waals surface area (Å²) in [7, 11) is 7.71. The average molecular weight is 447 g/mol. The Bertz CT molecular complexity index is 1140. The van der Waals surface area contributed by atoms with E-state index in [9.17, 15) is 4.79 Å². The van der Waals surface area contributed by atoms with Gasteiger partial charge in [-0.05, 0) is 18.6 Å². The van der Waals surface area contributed by atoms with Gasteiger partial charge in [0.05, 0.1) is 45.8 Å². The summed E-state index contributed by atoms with van der Waals surface area (Å²) in [6, 6.07) is 6.99. The number of carbonyl (C=O) groups excluding carboxylic acids is 1. The van der Waals surface area contributed by atoms with Gasteiger partial charge in [-0.25, -0.2) is 0 Å². The number of rotatable bonds is 8. The Morgan fingerprint density at radius 3 is 1.97 bits per heavy atom. The van der Waals surface area contributed by atoms with Crippen LogP contribution in [0.4, 0.5) is 0 Å². The predicted octanol–water partition coefficient (Wildman–Crippen LogP) is 3.90. The highest BCUT2D eigenvalue weighted by atomic mass is 32.1. The first kappa shape index (κ1) is 22.5. The Kier molecular flexibility index (Phi) is 7.06. The maximum absolute atomic E-state index is 13.1. The topological polar surface area (TPSA) is 80.5 Å². The SMILES string of the molecule is CCCn1c(=NC(=O)c2cc(OC)c(OC)c(OC)c2)sc2cc(OC)c(OC)cc21. The van der Waals surface area contributed by atoms with Crippen molar-refractivity contribution in [3.63, 3.8) is 0 Å². The molecule has 2 aromatic carbocycles. The fourth-order valence-corrected chi connectivity index (χ4v) is 4.34. The van der Waals surface area contributed by atoms with Crippen LogP contribution in [0.1, 0.15) is 23.7 Å². The number of aromatic nitrogens is 1. The van der Waals surface area contributed by atoms with E-state index in [0.717, 1.165) is 16.6 Å². The largest absolute Gasteiger partial charge is 0.493 e. The molecule has 0 aliphatic carbocycles. The molecular weight excluding hydrogens is 420 g/mol. The molecular formula is C22H26N2O6S. The molecule has 3 rings (SSSR count). The first-order valence-corrected chi connectivity index (χ1v) is 10.5. The van der Waals surface area contributed by atoms with E-state index >= 15 is 0 Å². The molecule has 166 valence electrons. The quantitative estimate of drug-likeness (QED) is 0.522. The van der Waals surface area contributed by atoms with Crippen LogP contribution in [-0.4, -0.2) is 46.0 Å². The number of hydrogen-bond donors (Lipinski definition) is 0. The number of nitrogens with zero attached hydrogens (tertiary/aromatic N) is 2. The van der Waals surface area contributed by atoms with Crippen molar-refractivity contribution in [2.75, 3.05) is 35.5 Å². The minimum absolute atomic E-state index is 0.338. The number of amides is 1. The van der Waals surface area contributed by atoms with E-state index in [1.54, 1.807) is 26.4 Å². The van der Waals surface area contributed by atoms with Crippen molar-refractivity contribution in [1.29, 1.82) is 0 Å². The minimum atomic E-state index is -0.408. The molecule has 0 unspecified atom stereocenters. The number of fused-ring (bicyclic) bond motifs is 1. The van der Waals surface area contributed by atoms with E-state index in [1.807, 2.05) is 16.7 Å². The highest BCUT2D eigenvalue weighted by Gasteiger charge is 2.18. The van der Waals surface area contributed by atoms with Crippen LogP contribution in [0.15, 0.2) is 29.3 Å².